The standard InChI is InChI=1S/C21H32O8/c1-3-20(8-24-9-20)12-26-18(22)28-16-6-15-5-14(16)7-17(15)29-19(23)27-13-21(4-2)10-25-11-21/h14-17H,3-13H2,1-2H3. The highest BCUT2D eigenvalue weighted by atomic mass is 16.7. The van der Waals surface area contributed by atoms with E-state index in [4.69, 9.17) is 28.4 Å². The molecule has 2 saturated carbocycles. The molecule has 0 aromatic carbocycles. The first-order valence-corrected chi connectivity index (χ1v) is 10.8. The van der Waals surface area contributed by atoms with Crippen molar-refractivity contribution >= 4 is 12.3 Å². The van der Waals surface area contributed by atoms with Crippen LogP contribution < -0.4 is 0 Å². The van der Waals surface area contributed by atoms with Gasteiger partial charge in [0.1, 0.15) is 25.4 Å². The second-order valence-electron chi connectivity index (χ2n) is 9.31. The van der Waals surface area contributed by atoms with E-state index < -0.39 is 12.3 Å². The fourth-order valence-electron chi connectivity index (χ4n) is 4.76. The number of fused-ring (bicyclic) bond motifs is 2. The molecule has 0 aromatic heterocycles. The van der Waals surface area contributed by atoms with E-state index in [-0.39, 0.29) is 34.9 Å². The Morgan fingerprint density at radius 3 is 1.45 bits per heavy atom. The molecule has 0 N–H and O–H groups in total. The van der Waals surface area contributed by atoms with Gasteiger partial charge in [-0.1, -0.05) is 13.8 Å². The van der Waals surface area contributed by atoms with Crippen LogP contribution in [0.15, 0.2) is 0 Å². The normalized spacial score (nSPS) is 33.3. The van der Waals surface area contributed by atoms with Crippen molar-refractivity contribution in [2.45, 2.75) is 58.2 Å². The summed E-state index contributed by atoms with van der Waals surface area (Å²) < 4.78 is 32.2. The van der Waals surface area contributed by atoms with E-state index in [0.29, 0.717) is 52.5 Å². The van der Waals surface area contributed by atoms with Crippen LogP contribution in [0.1, 0.15) is 46.0 Å². The predicted molar refractivity (Wildman–Crippen MR) is 100 cm³/mol. The molecule has 0 amide bonds. The Labute approximate surface area is 171 Å². The van der Waals surface area contributed by atoms with Crippen molar-refractivity contribution in [1.82, 2.24) is 0 Å². The minimum Gasteiger partial charge on any atom is -0.434 e. The smallest absolute Gasteiger partial charge is 0.434 e. The fraction of sp³-hybridized carbons (Fsp3) is 0.905. The third-order valence-corrected chi connectivity index (χ3v) is 7.35. The summed E-state index contributed by atoms with van der Waals surface area (Å²) in [5, 5.41) is 0. The quantitative estimate of drug-likeness (QED) is 0.561. The molecule has 164 valence electrons. The highest BCUT2D eigenvalue weighted by Gasteiger charge is 2.50. The fourth-order valence-corrected chi connectivity index (χ4v) is 4.76. The average Bonchev–Trinajstić information content (AvgIpc) is 3.20. The van der Waals surface area contributed by atoms with Crippen LogP contribution in [-0.4, -0.2) is 64.2 Å². The third-order valence-electron chi connectivity index (χ3n) is 7.35. The summed E-state index contributed by atoms with van der Waals surface area (Å²) in [6.45, 7) is 7.34. The Bertz CT molecular complexity index is 549. The van der Waals surface area contributed by atoms with Crippen molar-refractivity contribution in [3.63, 3.8) is 0 Å². The maximum absolute atomic E-state index is 12.1. The van der Waals surface area contributed by atoms with E-state index >= 15 is 0 Å². The minimum atomic E-state index is -0.605. The summed E-state index contributed by atoms with van der Waals surface area (Å²) in [4.78, 5) is 24.2. The maximum atomic E-state index is 12.1. The van der Waals surface area contributed by atoms with E-state index in [1.807, 2.05) is 0 Å². The first-order valence-electron chi connectivity index (χ1n) is 10.8. The lowest BCUT2D eigenvalue weighted by Gasteiger charge is -2.40. The van der Waals surface area contributed by atoms with Gasteiger partial charge in [0.15, 0.2) is 0 Å². The number of hydrogen-bond acceptors (Lipinski definition) is 8. The first-order chi connectivity index (χ1) is 14.0. The van der Waals surface area contributed by atoms with Crippen LogP contribution >= 0.6 is 0 Å². The highest BCUT2D eigenvalue weighted by Crippen LogP contribution is 2.47. The molecule has 0 spiro atoms. The topological polar surface area (TPSA) is 89.5 Å². The summed E-state index contributed by atoms with van der Waals surface area (Å²) >= 11 is 0. The zero-order valence-corrected chi connectivity index (χ0v) is 17.4. The van der Waals surface area contributed by atoms with Crippen molar-refractivity contribution in [3.8, 4) is 0 Å². The first kappa shape index (κ1) is 20.7. The van der Waals surface area contributed by atoms with Crippen LogP contribution in [0.25, 0.3) is 0 Å². The number of ether oxygens (including phenoxy) is 6. The zero-order chi connectivity index (χ0) is 20.5. The number of rotatable bonds is 8. The average molecular weight is 412 g/mol. The number of carbonyl (C=O) groups excluding carboxylic acids is 2. The molecular formula is C21H32O8. The lowest BCUT2D eigenvalue weighted by Crippen LogP contribution is -2.46. The summed E-state index contributed by atoms with van der Waals surface area (Å²) in [5.74, 6) is 0.416. The number of hydrogen-bond donors (Lipinski definition) is 0. The van der Waals surface area contributed by atoms with E-state index in [0.717, 1.165) is 19.3 Å². The molecule has 29 heavy (non-hydrogen) atoms. The summed E-state index contributed by atoms with van der Waals surface area (Å²) in [6.07, 6.45) is 2.60. The van der Waals surface area contributed by atoms with E-state index in [9.17, 15) is 9.59 Å². The zero-order valence-electron chi connectivity index (χ0n) is 17.4. The molecule has 2 bridgehead atoms. The Morgan fingerprint density at radius 2 is 1.17 bits per heavy atom. The lowest BCUT2D eigenvalue weighted by atomic mass is 9.84. The molecule has 4 aliphatic rings. The van der Waals surface area contributed by atoms with Gasteiger partial charge >= 0.3 is 12.3 Å². The van der Waals surface area contributed by atoms with Crippen molar-refractivity contribution in [1.29, 1.82) is 0 Å². The Hall–Kier alpha value is -1.54. The molecule has 8 heteroatoms. The molecule has 2 aliphatic carbocycles. The van der Waals surface area contributed by atoms with Crippen LogP contribution in [0.3, 0.4) is 0 Å². The molecule has 2 saturated heterocycles. The van der Waals surface area contributed by atoms with Crippen LogP contribution in [0.5, 0.6) is 0 Å². The van der Waals surface area contributed by atoms with E-state index in [1.165, 1.54) is 0 Å². The highest BCUT2D eigenvalue weighted by molar-refractivity contribution is 5.61. The Kier molecular flexibility index (Phi) is 5.93. The second-order valence-corrected chi connectivity index (χ2v) is 9.31. The Balaban J connectivity index is 1.16. The Morgan fingerprint density at radius 1 is 0.759 bits per heavy atom. The lowest BCUT2D eigenvalue weighted by molar-refractivity contribution is -0.147. The second kappa shape index (κ2) is 8.30. The van der Waals surface area contributed by atoms with Crippen molar-refractivity contribution in [2.24, 2.45) is 22.7 Å². The molecule has 0 aromatic rings. The monoisotopic (exact) mass is 412 g/mol. The van der Waals surface area contributed by atoms with Gasteiger partial charge in [-0.2, -0.15) is 0 Å². The van der Waals surface area contributed by atoms with E-state index in [1.54, 1.807) is 0 Å². The van der Waals surface area contributed by atoms with Crippen LogP contribution in [0, 0.1) is 22.7 Å². The van der Waals surface area contributed by atoms with Gasteiger partial charge < -0.3 is 28.4 Å². The number of carbonyl (C=O) groups is 2. The third kappa shape index (κ3) is 4.33. The van der Waals surface area contributed by atoms with Crippen molar-refractivity contribution < 1.29 is 38.0 Å². The van der Waals surface area contributed by atoms with Gasteiger partial charge in [0.25, 0.3) is 0 Å². The summed E-state index contributed by atoms with van der Waals surface area (Å²) in [7, 11) is 0. The largest absolute Gasteiger partial charge is 0.508 e. The molecule has 4 rings (SSSR count). The predicted octanol–water partition coefficient (Wildman–Crippen LogP) is 3.31. The van der Waals surface area contributed by atoms with E-state index in [2.05, 4.69) is 13.8 Å². The maximum Gasteiger partial charge on any atom is 0.508 e. The van der Waals surface area contributed by atoms with Crippen molar-refractivity contribution in [2.75, 3.05) is 39.6 Å². The molecule has 2 aliphatic heterocycles. The van der Waals surface area contributed by atoms with Crippen molar-refractivity contribution in [3.05, 3.63) is 0 Å². The molecule has 4 fully saturated rings. The molecule has 2 heterocycles. The summed E-state index contributed by atoms with van der Waals surface area (Å²) in [6, 6.07) is 0. The summed E-state index contributed by atoms with van der Waals surface area (Å²) in [5.41, 5.74) is -0.0933. The minimum absolute atomic E-state index is 0.0467. The van der Waals surface area contributed by atoms with Gasteiger partial charge in [0, 0.05) is 11.8 Å². The van der Waals surface area contributed by atoms with Gasteiger partial charge in [-0.25, -0.2) is 9.59 Å². The molecular weight excluding hydrogens is 380 g/mol. The van der Waals surface area contributed by atoms with Crippen LogP contribution in [0.2, 0.25) is 0 Å². The molecule has 8 nitrogen and oxygen atoms in total. The van der Waals surface area contributed by atoms with Gasteiger partial charge in [-0.05, 0) is 32.1 Å². The molecule has 4 unspecified atom stereocenters. The molecule has 0 radical (unpaired) electrons. The van der Waals surface area contributed by atoms with Gasteiger partial charge in [-0.3, -0.25) is 0 Å². The van der Waals surface area contributed by atoms with Crippen LogP contribution in [0.4, 0.5) is 9.59 Å². The van der Waals surface area contributed by atoms with Gasteiger partial charge in [-0.15, -0.1) is 0 Å². The van der Waals surface area contributed by atoms with Gasteiger partial charge in [0.05, 0.1) is 37.3 Å². The van der Waals surface area contributed by atoms with Crippen LogP contribution in [-0.2, 0) is 28.4 Å². The SMILES string of the molecule is CCC1(COC(=O)OC2CC3CC2CC3OC(=O)OCC2(CC)COC2)COC1. The van der Waals surface area contributed by atoms with Gasteiger partial charge in [0.2, 0.25) is 0 Å². The molecule has 4 atom stereocenters.